The average molecular weight is 256 g/mol. The summed E-state index contributed by atoms with van der Waals surface area (Å²) in [4.78, 5) is 14.4. The lowest BCUT2D eigenvalue weighted by molar-refractivity contribution is 0.0695. The average Bonchev–Trinajstić information content (AvgIpc) is 3.09. The number of amides is 1. The number of carbonyl (C=O) groups excluding carboxylic acids is 1. The molecule has 0 bridgehead atoms. The molecule has 2 aliphatic heterocycles. The zero-order valence-corrected chi connectivity index (χ0v) is 10.5. The van der Waals surface area contributed by atoms with E-state index < -0.39 is 5.66 Å². The highest BCUT2D eigenvalue weighted by Gasteiger charge is 2.53. The standard InChI is InChI=1S/C14H12N2OS/c17-13-11-3-1-2-4-12(11)14(10-5-8-18-9-10)15-6-7-16(13)14/h1-5,8-9,15H,6-7H2. The SMILES string of the molecule is O=C1c2ccccc2C2(c3ccsc3)NCCN12. The van der Waals surface area contributed by atoms with E-state index in [-0.39, 0.29) is 5.91 Å². The Morgan fingerprint density at radius 1 is 1.28 bits per heavy atom. The van der Waals surface area contributed by atoms with Crippen molar-refractivity contribution in [1.29, 1.82) is 0 Å². The Morgan fingerprint density at radius 2 is 2.17 bits per heavy atom. The second-order valence-electron chi connectivity index (χ2n) is 4.65. The molecule has 0 spiro atoms. The van der Waals surface area contributed by atoms with Gasteiger partial charge in [0, 0.05) is 29.8 Å². The zero-order valence-electron chi connectivity index (χ0n) is 9.72. The largest absolute Gasteiger partial charge is 0.311 e. The van der Waals surface area contributed by atoms with Gasteiger partial charge in [0.1, 0.15) is 5.66 Å². The number of nitrogens with zero attached hydrogens (tertiary/aromatic N) is 1. The first kappa shape index (κ1) is 10.3. The predicted molar refractivity (Wildman–Crippen MR) is 70.6 cm³/mol. The Labute approximate surface area is 109 Å². The van der Waals surface area contributed by atoms with Crippen LogP contribution >= 0.6 is 11.3 Å². The van der Waals surface area contributed by atoms with Crippen LogP contribution in [0.3, 0.4) is 0 Å². The number of carbonyl (C=O) groups is 1. The van der Waals surface area contributed by atoms with Gasteiger partial charge in [-0.25, -0.2) is 0 Å². The molecule has 1 aromatic carbocycles. The molecule has 1 saturated heterocycles. The molecule has 2 aromatic rings. The Morgan fingerprint density at radius 3 is 3.00 bits per heavy atom. The van der Waals surface area contributed by atoms with Crippen LogP contribution < -0.4 is 5.32 Å². The van der Waals surface area contributed by atoms with Crippen molar-refractivity contribution in [3.63, 3.8) is 0 Å². The predicted octanol–water partition coefficient (Wildman–Crippen LogP) is 2.01. The van der Waals surface area contributed by atoms with Gasteiger partial charge in [0.25, 0.3) is 5.91 Å². The zero-order chi connectivity index (χ0) is 12.2. The third-order valence-electron chi connectivity index (χ3n) is 3.85. The second kappa shape index (κ2) is 3.43. The van der Waals surface area contributed by atoms with Gasteiger partial charge in [-0.2, -0.15) is 11.3 Å². The molecule has 0 aliphatic carbocycles. The molecule has 18 heavy (non-hydrogen) atoms. The van der Waals surface area contributed by atoms with Gasteiger partial charge >= 0.3 is 0 Å². The number of fused-ring (bicyclic) bond motifs is 3. The Balaban J connectivity index is 2.03. The summed E-state index contributed by atoms with van der Waals surface area (Å²) in [6.45, 7) is 1.61. The molecule has 1 unspecified atom stereocenters. The van der Waals surface area contributed by atoms with E-state index in [0.29, 0.717) is 0 Å². The summed E-state index contributed by atoms with van der Waals surface area (Å²) in [6, 6.07) is 10.0. The first-order chi connectivity index (χ1) is 8.84. The van der Waals surface area contributed by atoms with E-state index in [1.165, 1.54) is 5.56 Å². The summed E-state index contributed by atoms with van der Waals surface area (Å²) in [7, 11) is 0. The van der Waals surface area contributed by atoms with Crippen molar-refractivity contribution in [3.8, 4) is 0 Å². The maximum absolute atomic E-state index is 12.5. The highest BCUT2D eigenvalue weighted by molar-refractivity contribution is 7.08. The monoisotopic (exact) mass is 256 g/mol. The summed E-state index contributed by atoms with van der Waals surface area (Å²) in [6.07, 6.45) is 0. The van der Waals surface area contributed by atoms with E-state index in [2.05, 4.69) is 28.2 Å². The smallest absolute Gasteiger partial charge is 0.256 e. The summed E-state index contributed by atoms with van der Waals surface area (Å²) in [5, 5.41) is 7.72. The lowest BCUT2D eigenvalue weighted by Gasteiger charge is -2.32. The maximum atomic E-state index is 12.5. The van der Waals surface area contributed by atoms with E-state index in [4.69, 9.17) is 0 Å². The molecular weight excluding hydrogens is 244 g/mol. The van der Waals surface area contributed by atoms with Crippen molar-refractivity contribution in [2.24, 2.45) is 0 Å². The highest BCUT2D eigenvalue weighted by atomic mass is 32.1. The molecule has 1 amide bonds. The first-order valence-electron chi connectivity index (χ1n) is 6.03. The van der Waals surface area contributed by atoms with Crippen molar-refractivity contribution < 1.29 is 4.79 Å². The summed E-state index contributed by atoms with van der Waals surface area (Å²) < 4.78 is 0. The van der Waals surface area contributed by atoms with E-state index in [1.54, 1.807) is 11.3 Å². The molecule has 2 aliphatic rings. The quantitative estimate of drug-likeness (QED) is 0.846. The second-order valence-corrected chi connectivity index (χ2v) is 5.43. The molecule has 1 fully saturated rings. The molecule has 4 rings (SSSR count). The van der Waals surface area contributed by atoms with Crippen LogP contribution in [0.25, 0.3) is 0 Å². The van der Waals surface area contributed by atoms with Crippen molar-refractivity contribution in [3.05, 3.63) is 57.8 Å². The minimum absolute atomic E-state index is 0.141. The van der Waals surface area contributed by atoms with E-state index >= 15 is 0 Å². The Kier molecular flexibility index (Phi) is 1.96. The molecule has 3 heterocycles. The molecule has 1 atom stereocenters. The summed E-state index contributed by atoms with van der Waals surface area (Å²) in [5.41, 5.74) is 2.67. The van der Waals surface area contributed by atoms with Crippen molar-refractivity contribution in [2.45, 2.75) is 5.66 Å². The lowest BCUT2D eigenvalue weighted by Crippen LogP contribution is -2.46. The topological polar surface area (TPSA) is 32.3 Å². The van der Waals surface area contributed by atoms with Gasteiger partial charge in [0.05, 0.1) is 0 Å². The van der Waals surface area contributed by atoms with Crippen LogP contribution in [-0.2, 0) is 5.66 Å². The number of benzene rings is 1. The van der Waals surface area contributed by atoms with Crippen LogP contribution in [0, 0.1) is 0 Å². The van der Waals surface area contributed by atoms with Crippen molar-refractivity contribution >= 4 is 17.2 Å². The first-order valence-corrected chi connectivity index (χ1v) is 6.97. The summed E-state index contributed by atoms with van der Waals surface area (Å²) >= 11 is 1.67. The fourth-order valence-electron chi connectivity index (χ4n) is 3.12. The molecule has 90 valence electrons. The third-order valence-corrected chi connectivity index (χ3v) is 4.54. The lowest BCUT2D eigenvalue weighted by atomic mass is 9.93. The molecule has 0 saturated carbocycles. The summed E-state index contributed by atoms with van der Waals surface area (Å²) in [5.74, 6) is 0.141. The van der Waals surface area contributed by atoms with Crippen LogP contribution in [0.2, 0.25) is 0 Å². The minimum Gasteiger partial charge on any atom is -0.311 e. The fraction of sp³-hybridized carbons (Fsp3) is 0.214. The molecular formula is C14H12N2OS. The normalized spacial score (nSPS) is 25.3. The van der Waals surface area contributed by atoms with Gasteiger partial charge < -0.3 is 4.90 Å². The van der Waals surface area contributed by atoms with Crippen molar-refractivity contribution in [2.75, 3.05) is 13.1 Å². The van der Waals surface area contributed by atoms with Gasteiger partial charge in [-0.05, 0) is 22.9 Å². The third kappa shape index (κ3) is 1.05. The van der Waals surface area contributed by atoms with Gasteiger partial charge in [0.15, 0.2) is 0 Å². The van der Waals surface area contributed by atoms with E-state index in [9.17, 15) is 4.79 Å². The minimum atomic E-state index is -0.423. The highest BCUT2D eigenvalue weighted by Crippen LogP contribution is 2.44. The van der Waals surface area contributed by atoms with Gasteiger partial charge in [-0.3, -0.25) is 10.1 Å². The van der Waals surface area contributed by atoms with Gasteiger partial charge in [0.2, 0.25) is 0 Å². The number of nitrogens with one attached hydrogen (secondary N) is 1. The molecule has 1 aromatic heterocycles. The maximum Gasteiger partial charge on any atom is 0.256 e. The van der Waals surface area contributed by atoms with Crippen LogP contribution in [0.5, 0.6) is 0 Å². The van der Waals surface area contributed by atoms with Crippen LogP contribution in [-0.4, -0.2) is 23.9 Å². The van der Waals surface area contributed by atoms with Gasteiger partial charge in [-0.1, -0.05) is 18.2 Å². The van der Waals surface area contributed by atoms with Crippen LogP contribution in [0.15, 0.2) is 41.1 Å². The Hall–Kier alpha value is -1.65. The number of hydrogen-bond acceptors (Lipinski definition) is 3. The van der Waals surface area contributed by atoms with E-state index in [0.717, 1.165) is 24.2 Å². The van der Waals surface area contributed by atoms with Crippen LogP contribution in [0.4, 0.5) is 0 Å². The number of hydrogen-bond donors (Lipinski definition) is 1. The van der Waals surface area contributed by atoms with E-state index in [1.807, 2.05) is 23.1 Å². The number of thiophene rings is 1. The fourth-order valence-corrected chi connectivity index (χ4v) is 3.82. The van der Waals surface area contributed by atoms with Gasteiger partial charge in [-0.15, -0.1) is 0 Å². The molecule has 4 heteroatoms. The van der Waals surface area contributed by atoms with Crippen molar-refractivity contribution in [1.82, 2.24) is 10.2 Å². The molecule has 1 N–H and O–H groups in total. The molecule has 0 radical (unpaired) electrons. The van der Waals surface area contributed by atoms with Crippen LogP contribution in [0.1, 0.15) is 21.5 Å². The number of rotatable bonds is 1. The molecule has 3 nitrogen and oxygen atoms in total. The Bertz CT molecular complexity index is 622.